The summed E-state index contributed by atoms with van der Waals surface area (Å²) in [6.07, 6.45) is 0. The molecule has 2 heteroatoms. The summed E-state index contributed by atoms with van der Waals surface area (Å²) in [6, 6.07) is 35.3. The molecule has 0 aromatic heterocycles. The van der Waals surface area contributed by atoms with Gasteiger partial charge >= 0.3 is 0 Å². The monoisotopic (exact) mass is 416 g/mol. The van der Waals surface area contributed by atoms with Crippen molar-refractivity contribution >= 4 is 0 Å². The summed E-state index contributed by atoms with van der Waals surface area (Å²) in [6.45, 7) is 0. The normalized spacial score (nSPS) is 28.2. The van der Waals surface area contributed by atoms with Crippen LogP contribution in [0.4, 0.5) is 0 Å². The number of hydrogen-bond acceptors (Lipinski definition) is 2. The van der Waals surface area contributed by atoms with Crippen LogP contribution in [0.15, 0.2) is 97.1 Å². The van der Waals surface area contributed by atoms with Gasteiger partial charge in [0.25, 0.3) is 0 Å². The highest BCUT2D eigenvalue weighted by molar-refractivity contribution is 5.70. The van der Waals surface area contributed by atoms with E-state index in [4.69, 9.17) is 9.47 Å². The summed E-state index contributed by atoms with van der Waals surface area (Å²) >= 11 is 0. The third-order valence-corrected chi connectivity index (χ3v) is 8.15. The number of rotatable bonds is 2. The molecule has 0 spiro atoms. The third kappa shape index (κ3) is 1.83. The highest BCUT2D eigenvalue weighted by Gasteiger charge is 2.63. The van der Waals surface area contributed by atoms with Gasteiger partial charge in [0.05, 0.1) is 0 Å². The zero-order valence-electron chi connectivity index (χ0n) is 18.2. The smallest absolute Gasteiger partial charge is 0.129 e. The Bertz CT molecular complexity index is 1190. The molecule has 0 N–H and O–H groups in total. The van der Waals surface area contributed by atoms with Crippen LogP contribution in [0.1, 0.15) is 56.3 Å². The summed E-state index contributed by atoms with van der Waals surface area (Å²) in [5.41, 5.74) is 8.90. The predicted molar refractivity (Wildman–Crippen MR) is 125 cm³/mol. The van der Waals surface area contributed by atoms with Crippen molar-refractivity contribution in [1.29, 1.82) is 0 Å². The SMILES string of the molecule is COC12c3ccccc3C(OC)(c3ccccc31)C1c3ccccc3C2c2ccccc21. The van der Waals surface area contributed by atoms with Gasteiger partial charge in [-0.05, 0) is 44.5 Å². The average molecular weight is 417 g/mol. The molecule has 6 aliphatic carbocycles. The Kier molecular flexibility index (Phi) is 3.55. The fraction of sp³-hybridized carbons (Fsp3) is 0.200. The van der Waals surface area contributed by atoms with Gasteiger partial charge in [0.2, 0.25) is 0 Å². The maximum Gasteiger partial charge on any atom is 0.129 e. The van der Waals surface area contributed by atoms with Crippen LogP contribution >= 0.6 is 0 Å². The quantitative estimate of drug-likeness (QED) is 0.395. The minimum Gasteiger partial charge on any atom is -0.368 e. The van der Waals surface area contributed by atoms with Crippen molar-refractivity contribution in [2.75, 3.05) is 14.2 Å². The molecule has 0 aliphatic heterocycles. The van der Waals surface area contributed by atoms with Crippen LogP contribution in [-0.4, -0.2) is 14.2 Å². The number of benzene rings is 4. The minimum absolute atomic E-state index is 0.0496. The van der Waals surface area contributed by atoms with Crippen LogP contribution in [0.5, 0.6) is 0 Å². The second-order valence-electron chi connectivity index (χ2n) is 9.09. The van der Waals surface area contributed by atoms with E-state index in [0.717, 1.165) is 0 Å². The summed E-state index contributed by atoms with van der Waals surface area (Å²) in [7, 11) is 3.73. The zero-order chi connectivity index (χ0) is 21.5. The van der Waals surface area contributed by atoms with Crippen molar-refractivity contribution < 1.29 is 9.47 Å². The van der Waals surface area contributed by atoms with E-state index in [9.17, 15) is 0 Å². The summed E-state index contributed by atoms with van der Waals surface area (Å²) in [5, 5.41) is 0. The van der Waals surface area contributed by atoms with E-state index in [2.05, 4.69) is 97.1 Å². The van der Waals surface area contributed by atoms with E-state index in [1.165, 1.54) is 44.5 Å². The molecule has 2 nitrogen and oxygen atoms in total. The highest BCUT2D eigenvalue weighted by atomic mass is 16.5. The van der Waals surface area contributed by atoms with Crippen molar-refractivity contribution in [3.05, 3.63) is 142 Å². The topological polar surface area (TPSA) is 18.5 Å². The van der Waals surface area contributed by atoms with Gasteiger partial charge in [0, 0.05) is 26.1 Å². The van der Waals surface area contributed by atoms with Crippen molar-refractivity contribution in [1.82, 2.24) is 0 Å². The third-order valence-electron chi connectivity index (χ3n) is 8.15. The van der Waals surface area contributed by atoms with Gasteiger partial charge in [-0.3, -0.25) is 0 Å². The molecule has 0 fully saturated rings. The molecule has 4 aromatic rings. The number of ether oxygens (including phenoxy) is 2. The van der Waals surface area contributed by atoms with Crippen LogP contribution in [-0.2, 0) is 20.7 Å². The van der Waals surface area contributed by atoms with E-state index in [1.54, 1.807) is 0 Å². The largest absolute Gasteiger partial charge is 0.368 e. The molecule has 156 valence electrons. The van der Waals surface area contributed by atoms with E-state index < -0.39 is 11.2 Å². The molecule has 0 saturated heterocycles. The average Bonchev–Trinajstić information content (AvgIpc) is 2.85. The molecular weight excluding hydrogens is 392 g/mol. The molecule has 0 atom stereocenters. The van der Waals surface area contributed by atoms with E-state index in [-0.39, 0.29) is 11.8 Å². The molecular formula is C30H24O2. The molecule has 0 heterocycles. The molecule has 4 aromatic carbocycles. The summed E-state index contributed by atoms with van der Waals surface area (Å²) in [5.74, 6) is 0.0993. The Labute approximate surface area is 188 Å². The minimum atomic E-state index is -0.646. The predicted octanol–water partition coefficient (Wildman–Crippen LogP) is 6.07. The van der Waals surface area contributed by atoms with Gasteiger partial charge in [-0.1, -0.05) is 97.1 Å². The first kappa shape index (κ1) is 18.4. The first-order valence-corrected chi connectivity index (χ1v) is 11.3. The van der Waals surface area contributed by atoms with Gasteiger partial charge in [0.15, 0.2) is 0 Å². The van der Waals surface area contributed by atoms with Crippen LogP contribution in [0.2, 0.25) is 0 Å². The highest BCUT2D eigenvalue weighted by Crippen LogP contribution is 2.68. The molecule has 0 unspecified atom stereocenters. The Morgan fingerprint density at radius 3 is 0.938 bits per heavy atom. The fourth-order valence-corrected chi connectivity index (χ4v) is 7.13. The first-order valence-electron chi connectivity index (χ1n) is 11.3. The standard InChI is InChI=1S/C30H24O2/c1-31-29-23-15-7-9-17-25(23)30(32-2,26-18-10-8-16-24(26)29)28-21-13-5-3-11-19(21)27(29)20-12-4-6-14-22(20)28/h3-18,27-28H,1-2H3. The maximum absolute atomic E-state index is 6.73. The Hall–Kier alpha value is -3.20. The van der Waals surface area contributed by atoms with Gasteiger partial charge in [-0.15, -0.1) is 0 Å². The first-order chi connectivity index (χ1) is 15.8. The Morgan fingerprint density at radius 2 is 0.688 bits per heavy atom. The molecule has 0 saturated carbocycles. The summed E-state index contributed by atoms with van der Waals surface area (Å²) in [4.78, 5) is 0. The number of methoxy groups -OCH3 is 2. The fourth-order valence-electron chi connectivity index (χ4n) is 7.13. The zero-order valence-corrected chi connectivity index (χ0v) is 18.2. The summed E-state index contributed by atoms with van der Waals surface area (Å²) < 4.78 is 13.5. The van der Waals surface area contributed by atoms with E-state index in [1.807, 2.05) is 14.2 Å². The molecule has 6 aliphatic rings. The Morgan fingerprint density at radius 1 is 0.438 bits per heavy atom. The van der Waals surface area contributed by atoms with E-state index >= 15 is 0 Å². The van der Waals surface area contributed by atoms with E-state index in [0.29, 0.717) is 0 Å². The number of hydrogen-bond donors (Lipinski definition) is 0. The molecule has 10 rings (SSSR count). The molecule has 0 radical (unpaired) electrons. The lowest BCUT2D eigenvalue weighted by Crippen LogP contribution is -2.55. The lowest BCUT2D eigenvalue weighted by Gasteiger charge is -2.59. The van der Waals surface area contributed by atoms with Crippen molar-refractivity contribution in [2.24, 2.45) is 0 Å². The lowest BCUT2D eigenvalue weighted by molar-refractivity contribution is -0.0468. The molecule has 32 heavy (non-hydrogen) atoms. The van der Waals surface area contributed by atoms with Crippen molar-refractivity contribution in [2.45, 2.75) is 23.0 Å². The second kappa shape index (κ2) is 6.19. The van der Waals surface area contributed by atoms with Crippen LogP contribution < -0.4 is 0 Å². The van der Waals surface area contributed by atoms with Gasteiger partial charge < -0.3 is 9.47 Å². The van der Waals surface area contributed by atoms with Crippen LogP contribution in [0, 0.1) is 0 Å². The van der Waals surface area contributed by atoms with Crippen LogP contribution in [0.3, 0.4) is 0 Å². The lowest BCUT2D eigenvalue weighted by atomic mass is 9.49. The van der Waals surface area contributed by atoms with Crippen molar-refractivity contribution in [3.8, 4) is 0 Å². The van der Waals surface area contributed by atoms with Gasteiger partial charge in [-0.25, -0.2) is 0 Å². The van der Waals surface area contributed by atoms with Gasteiger partial charge in [0.1, 0.15) is 11.2 Å². The molecule has 4 bridgehead atoms. The van der Waals surface area contributed by atoms with Crippen molar-refractivity contribution in [3.63, 3.8) is 0 Å². The van der Waals surface area contributed by atoms with Gasteiger partial charge in [-0.2, -0.15) is 0 Å². The maximum atomic E-state index is 6.73. The Balaban J connectivity index is 1.79. The van der Waals surface area contributed by atoms with Crippen LogP contribution in [0.25, 0.3) is 0 Å². The second-order valence-corrected chi connectivity index (χ2v) is 9.09. The molecule has 0 amide bonds.